The third-order valence-electron chi connectivity index (χ3n) is 3.11. The Balaban J connectivity index is 1.95. The number of thiocarbonyl (C=S) groups is 1. The Morgan fingerprint density at radius 1 is 1.13 bits per heavy atom. The Hall–Kier alpha value is -0.850. The first-order chi connectivity index (χ1) is 11.0. The van der Waals surface area contributed by atoms with Crippen LogP contribution in [0.25, 0.3) is 6.08 Å². The van der Waals surface area contributed by atoms with E-state index in [2.05, 4.69) is 15.9 Å². The highest BCUT2D eigenvalue weighted by Crippen LogP contribution is 2.39. The van der Waals surface area contributed by atoms with Crippen molar-refractivity contribution in [3.8, 4) is 0 Å². The fraction of sp³-hybridized carbons (Fsp3) is 0. The number of hydrogen-bond acceptors (Lipinski definition) is 3. The molecule has 1 amide bonds. The van der Waals surface area contributed by atoms with Gasteiger partial charge in [-0.25, -0.2) is 0 Å². The number of carbonyl (C=O) groups is 1. The molecule has 0 spiro atoms. The van der Waals surface area contributed by atoms with E-state index in [1.807, 2.05) is 30.3 Å². The lowest BCUT2D eigenvalue weighted by molar-refractivity contribution is -0.113. The molecule has 0 aromatic heterocycles. The summed E-state index contributed by atoms with van der Waals surface area (Å²) in [6, 6.07) is 12.6. The molecule has 1 fully saturated rings. The zero-order valence-corrected chi connectivity index (χ0v) is 16.2. The Morgan fingerprint density at radius 3 is 2.48 bits per heavy atom. The van der Waals surface area contributed by atoms with E-state index in [1.54, 1.807) is 18.2 Å². The van der Waals surface area contributed by atoms with Crippen LogP contribution in [0.3, 0.4) is 0 Å². The summed E-state index contributed by atoms with van der Waals surface area (Å²) in [7, 11) is 0. The molecule has 1 aliphatic rings. The second-order valence-electron chi connectivity index (χ2n) is 4.66. The first kappa shape index (κ1) is 17.0. The standard InChI is InChI=1S/C16H8BrCl2NOS2/c17-10-3-1-9(2-4-10)7-14-15(21)20(16(22)23-14)13-6-5-11(18)8-12(13)19/h1-8H/b14-7-. The molecule has 2 nitrogen and oxygen atoms in total. The zero-order valence-electron chi connectivity index (χ0n) is 11.4. The predicted octanol–water partition coefficient (Wildman–Crippen LogP) is 6.16. The molecule has 0 atom stereocenters. The van der Waals surface area contributed by atoms with Crippen molar-refractivity contribution in [2.75, 3.05) is 4.90 Å². The van der Waals surface area contributed by atoms with E-state index in [1.165, 1.54) is 16.7 Å². The second-order valence-corrected chi connectivity index (χ2v) is 8.10. The van der Waals surface area contributed by atoms with Gasteiger partial charge in [0.1, 0.15) is 0 Å². The maximum Gasteiger partial charge on any atom is 0.270 e. The van der Waals surface area contributed by atoms with Gasteiger partial charge in [-0.15, -0.1) is 0 Å². The normalized spacial score (nSPS) is 16.5. The second kappa shape index (κ2) is 6.95. The lowest BCUT2D eigenvalue weighted by Crippen LogP contribution is -2.27. The van der Waals surface area contributed by atoms with Gasteiger partial charge >= 0.3 is 0 Å². The number of nitrogens with zero attached hydrogens (tertiary/aromatic N) is 1. The van der Waals surface area contributed by atoms with Crippen LogP contribution in [0.15, 0.2) is 51.8 Å². The summed E-state index contributed by atoms with van der Waals surface area (Å²) in [5.74, 6) is -0.188. The van der Waals surface area contributed by atoms with Crippen LogP contribution in [-0.2, 0) is 4.79 Å². The monoisotopic (exact) mass is 443 g/mol. The van der Waals surface area contributed by atoms with Gasteiger partial charge in [0.2, 0.25) is 0 Å². The van der Waals surface area contributed by atoms with Gasteiger partial charge in [0.25, 0.3) is 5.91 Å². The Morgan fingerprint density at radius 2 is 1.83 bits per heavy atom. The summed E-state index contributed by atoms with van der Waals surface area (Å²) in [6.07, 6.45) is 1.82. The molecule has 1 saturated heterocycles. The van der Waals surface area contributed by atoms with Gasteiger partial charge in [0.15, 0.2) is 4.32 Å². The summed E-state index contributed by atoms with van der Waals surface area (Å²) in [5.41, 5.74) is 1.47. The molecule has 0 unspecified atom stereocenters. The van der Waals surface area contributed by atoms with E-state index in [-0.39, 0.29) is 5.91 Å². The molecular formula is C16H8BrCl2NOS2. The van der Waals surface area contributed by atoms with Crippen molar-refractivity contribution in [3.63, 3.8) is 0 Å². The average molecular weight is 445 g/mol. The number of thioether (sulfide) groups is 1. The molecule has 0 radical (unpaired) electrons. The van der Waals surface area contributed by atoms with Crippen LogP contribution in [-0.4, -0.2) is 10.2 Å². The van der Waals surface area contributed by atoms with Crippen molar-refractivity contribution < 1.29 is 4.79 Å². The number of carbonyl (C=O) groups excluding carboxylic acids is 1. The van der Waals surface area contributed by atoms with Crippen LogP contribution in [0, 0.1) is 0 Å². The molecule has 1 heterocycles. The fourth-order valence-electron chi connectivity index (χ4n) is 2.05. The summed E-state index contributed by atoms with van der Waals surface area (Å²) >= 11 is 22.1. The van der Waals surface area contributed by atoms with E-state index in [0.717, 1.165) is 10.0 Å². The van der Waals surface area contributed by atoms with Gasteiger partial charge in [0.05, 0.1) is 15.6 Å². The number of anilines is 1. The molecule has 2 aromatic rings. The highest BCUT2D eigenvalue weighted by atomic mass is 79.9. The molecule has 2 aromatic carbocycles. The van der Waals surface area contributed by atoms with Gasteiger partial charge < -0.3 is 0 Å². The maximum absolute atomic E-state index is 12.7. The summed E-state index contributed by atoms with van der Waals surface area (Å²) in [4.78, 5) is 14.7. The van der Waals surface area contributed by atoms with E-state index < -0.39 is 0 Å². The first-order valence-corrected chi connectivity index (χ1v) is 9.21. The van der Waals surface area contributed by atoms with Crippen molar-refractivity contribution in [1.82, 2.24) is 0 Å². The quantitative estimate of drug-likeness (QED) is 0.408. The number of benzene rings is 2. The molecule has 0 N–H and O–H groups in total. The molecule has 7 heteroatoms. The Bertz CT molecular complexity index is 836. The third-order valence-corrected chi connectivity index (χ3v) is 5.48. The highest BCUT2D eigenvalue weighted by Gasteiger charge is 2.34. The first-order valence-electron chi connectivity index (χ1n) is 6.44. The molecule has 23 heavy (non-hydrogen) atoms. The third kappa shape index (κ3) is 3.64. The van der Waals surface area contributed by atoms with Gasteiger partial charge in [-0.1, -0.05) is 75.2 Å². The highest BCUT2D eigenvalue weighted by molar-refractivity contribution is 9.10. The largest absolute Gasteiger partial charge is 0.270 e. The average Bonchev–Trinajstić information content (AvgIpc) is 2.77. The minimum atomic E-state index is -0.188. The SMILES string of the molecule is O=C1/C(=C/c2ccc(Br)cc2)SC(=S)N1c1ccc(Cl)cc1Cl. The number of amides is 1. The zero-order chi connectivity index (χ0) is 16.6. The predicted molar refractivity (Wildman–Crippen MR) is 106 cm³/mol. The smallest absolute Gasteiger partial charge is 0.268 e. The summed E-state index contributed by atoms with van der Waals surface area (Å²) in [6.45, 7) is 0. The van der Waals surface area contributed by atoms with E-state index in [4.69, 9.17) is 35.4 Å². The summed E-state index contributed by atoms with van der Waals surface area (Å²) < 4.78 is 1.43. The lowest BCUT2D eigenvalue weighted by atomic mass is 10.2. The van der Waals surface area contributed by atoms with Crippen molar-refractivity contribution in [2.24, 2.45) is 0 Å². The minimum Gasteiger partial charge on any atom is -0.268 e. The van der Waals surface area contributed by atoms with Crippen LogP contribution in [0.1, 0.15) is 5.56 Å². The number of rotatable bonds is 2. The van der Waals surface area contributed by atoms with Crippen molar-refractivity contribution in [1.29, 1.82) is 0 Å². The molecule has 1 aliphatic heterocycles. The van der Waals surface area contributed by atoms with Crippen LogP contribution >= 0.6 is 63.1 Å². The minimum absolute atomic E-state index is 0.188. The van der Waals surface area contributed by atoms with Crippen molar-refractivity contribution >= 4 is 85.1 Å². The molecule has 0 saturated carbocycles. The Kier molecular flexibility index (Phi) is 5.13. The molecule has 3 rings (SSSR count). The van der Waals surface area contributed by atoms with E-state index in [9.17, 15) is 4.79 Å². The van der Waals surface area contributed by atoms with Crippen molar-refractivity contribution in [3.05, 3.63) is 67.5 Å². The van der Waals surface area contributed by atoms with Crippen LogP contribution < -0.4 is 4.90 Å². The number of hydrogen-bond donors (Lipinski definition) is 0. The van der Waals surface area contributed by atoms with Crippen LogP contribution in [0.5, 0.6) is 0 Å². The Labute approximate surface area is 161 Å². The van der Waals surface area contributed by atoms with Gasteiger partial charge in [-0.05, 0) is 42.0 Å². The van der Waals surface area contributed by atoms with Gasteiger partial charge in [-0.3, -0.25) is 9.69 Å². The van der Waals surface area contributed by atoms with E-state index in [0.29, 0.717) is 25.0 Å². The van der Waals surface area contributed by atoms with Gasteiger partial charge in [-0.2, -0.15) is 0 Å². The molecule has 116 valence electrons. The topological polar surface area (TPSA) is 20.3 Å². The van der Waals surface area contributed by atoms with Gasteiger partial charge in [0, 0.05) is 9.50 Å². The fourth-order valence-corrected chi connectivity index (χ4v) is 4.09. The molecular weight excluding hydrogens is 437 g/mol. The van der Waals surface area contributed by atoms with Crippen LogP contribution in [0.4, 0.5) is 5.69 Å². The van der Waals surface area contributed by atoms with E-state index >= 15 is 0 Å². The number of halogens is 3. The summed E-state index contributed by atoms with van der Waals surface area (Å²) in [5, 5.41) is 0.897. The lowest BCUT2D eigenvalue weighted by Gasteiger charge is -2.16. The van der Waals surface area contributed by atoms with Crippen LogP contribution in [0.2, 0.25) is 10.0 Å². The molecule has 0 aliphatic carbocycles. The molecule has 0 bridgehead atoms. The van der Waals surface area contributed by atoms with Crippen molar-refractivity contribution in [2.45, 2.75) is 0 Å². The maximum atomic E-state index is 12.7.